The molecule has 1 amide bonds. The monoisotopic (exact) mass is 514 g/mol. The number of nitrogens with one attached hydrogen (secondary N) is 1. The molecule has 0 heterocycles. The first-order valence-electron chi connectivity index (χ1n) is 11.0. The van der Waals surface area contributed by atoms with Gasteiger partial charge in [0.05, 0.1) is 29.4 Å². The Morgan fingerprint density at radius 1 is 0.886 bits per heavy atom. The maximum absolute atomic E-state index is 12.7. The van der Waals surface area contributed by atoms with Gasteiger partial charge in [-0.15, -0.1) is 0 Å². The molecular weight excluding hydrogens is 484 g/mol. The fourth-order valence-corrected chi connectivity index (χ4v) is 5.23. The van der Waals surface area contributed by atoms with Crippen molar-refractivity contribution in [2.24, 2.45) is 0 Å². The first-order chi connectivity index (χ1) is 16.3. The van der Waals surface area contributed by atoms with E-state index < -0.39 is 19.9 Å². The van der Waals surface area contributed by atoms with E-state index in [9.17, 15) is 21.6 Å². The van der Waals surface area contributed by atoms with Crippen LogP contribution in [0.1, 0.15) is 45.6 Å². The topological polar surface area (TPSA) is 101 Å². The predicted molar refractivity (Wildman–Crippen MR) is 139 cm³/mol. The van der Waals surface area contributed by atoms with Gasteiger partial charge < -0.3 is 5.32 Å². The first-order valence-corrected chi connectivity index (χ1v) is 14.7. The average Bonchev–Trinajstić information content (AvgIpc) is 2.78. The third-order valence-corrected chi connectivity index (χ3v) is 7.99. The highest BCUT2D eigenvalue weighted by Crippen LogP contribution is 2.26. The second-order valence-electron chi connectivity index (χ2n) is 8.79. The van der Waals surface area contributed by atoms with Crippen LogP contribution < -0.4 is 9.62 Å². The lowest BCUT2D eigenvalue weighted by Gasteiger charge is -2.25. The minimum atomic E-state index is -3.52. The van der Waals surface area contributed by atoms with Crippen LogP contribution in [0.25, 0.3) is 0 Å². The van der Waals surface area contributed by atoms with Gasteiger partial charge in [-0.1, -0.05) is 36.4 Å². The van der Waals surface area contributed by atoms with Crippen molar-refractivity contribution in [3.8, 4) is 0 Å². The zero-order chi connectivity index (χ0) is 26.0. The molecule has 0 aliphatic carbocycles. The summed E-state index contributed by atoms with van der Waals surface area (Å²) in [6, 6.07) is 18.5. The van der Waals surface area contributed by atoms with Crippen LogP contribution in [0.3, 0.4) is 0 Å². The molecule has 0 aliphatic rings. The first kappa shape index (κ1) is 26.4. The van der Waals surface area contributed by atoms with Crippen molar-refractivity contribution in [3.63, 3.8) is 0 Å². The van der Waals surface area contributed by atoms with E-state index >= 15 is 0 Å². The molecule has 0 spiro atoms. The Balaban J connectivity index is 1.74. The second kappa shape index (κ2) is 10.2. The van der Waals surface area contributed by atoms with Gasteiger partial charge >= 0.3 is 0 Å². The summed E-state index contributed by atoms with van der Waals surface area (Å²) in [5.74, 6) is -0.286. The standard InChI is InChI=1S/C26H30N2O5S2/c1-18-6-7-19(2)25(16-18)28(35(5,32)33)17-21-8-10-23(11-9-21)26(29)27-20(3)22-12-14-24(15-13-22)34(4,30)31/h6-16,20H,17H2,1-5H3,(H,27,29). The summed E-state index contributed by atoms with van der Waals surface area (Å²) < 4.78 is 49.7. The zero-order valence-corrected chi connectivity index (χ0v) is 22.1. The molecule has 1 unspecified atom stereocenters. The number of sulfone groups is 1. The quantitative estimate of drug-likeness (QED) is 0.486. The van der Waals surface area contributed by atoms with E-state index in [1.54, 1.807) is 36.4 Å². The number of amides is 1. The smallest absolute Gasteiger partial charge is 0.251 e. The maximum atomic E-state index is 12.7. The van der Waals surface area contributed by atoms with Crippen molar-refractivity contribution >= 4 is 31.5 Å². The molecule has 3 rings (SSSR count). The van der Waals surface area contributed by atoms with Crippen molar-refractivity contribution in [3.05, 3.63) is 94.5 Å². The SMILES string of the molecule is Cc1ccc(C)c(N(Cc2ccc(C(=O)NC(C)c3ccc(S(C)(=O)=O)cc3)cc2)S(C)(=O)=O)c1. The number of carbonyl (C=O) groups excluding carboxylic acids is 1. The van der Waals surface area contributed by atoms with Gasteiger partial charge in [0.25, 0.3) is 5.91 Å². The van der Waals surface area contributed by atoms with E-state index in [4.69, 9.17) is 0 Å². The lowest BCUT2D eigenvalue weighted by atomic mass is 10.1. The number of aryl methyl sites for hydroxylation is 2. The maximum Gasteiger partial charge on any atom is 0.251 e. The molecular formula is C26H30N2O5S2. The number of rotatable bonds is 8. The van der Waals surface area contributed by atoms with Crippen LogP contribution in [-0.2, 0) is 26.4 Å². The summed E-state index contributed by atoms with van der Waals surface area (Å²) in [6.07, 6.45) is 2.33. The predicted octanol–water partition coefficient (Wildman–Crippen LogP) is 4.16. The van der Waals surface area contributed by atoms with Crippen LogP contribution in [0.5, 0.6) is 0 Å². The van der Waals surface area contributed by atoms with Gasteiger partial charge in [0.2, 0.25) is 10.0 Å². The summed E-state index contributed by atoms with van der Waals surface area (Å²) in [5.41, 5.74) is 4.41. The molecule has 0 saturated heterocycles. The summed E-state index contributed by atoms with van der Waals surface area (Å²) in [7, 11) is -6.81. The minimum Gasteiger partial charge on any atom is -0.346 e. The Morgan fingerprint density at radius 3 is 2.03 bits per heavy atom. The van der Waals surface area contributed by atoms with Gasteiger partial charge in [-0.05, 0) is 73.4 Å². The second-order valence-corrected chi connectivity index (χ2v) is 12.7. The van der Waals surface area contributed by atoms with Crippen LogP contribution in [0.2, 0.25) is 0 Å². The fraction of sp³-hybridized carbons (Fsp3) is 0.269. The lowest BCUT2D eigenvalue weighted by Crippen LogP contribution is -2.30. The lowest BCUT2D eigenvalue weighted by molar-refractivity contribution is 0.0940. The number of sulfonamides is 1. The Bertz CT molecular complexity index is 1430. The summed E-state index contributed by atoms with van der Waals surface area (Å²) >= 11 is 0. The van der Waals surface area contributed by atoms with Crippen LogP contribution in [0.15, 0.2) is 71.6 Å². The molecule has 7 nitrogen and oxygen atoms in total. The van der Waals surface area contributed by atoms with Crippen molar-refractivity contribution in [2.45, 2.75) is 38.3 Å². The molecule has 0 fully saturated rings. The van der Waals surface area contributed by atoms with E-state index in [0.717, 1.165) is 28.5 Å². The van der Waals surface area contributed by atoms with Gasteiger partial charge in [-0.2, -0.15) is 0 Å². The Hall–Kier alpha value is -3.17. The molecule has 9 heteroatoms. The van der Waals surface area contributed by atoms with Crippen molar-refractivity contribution in [1.29, 1.82) is 0 Å². The van der Waals surface area contributed by atoms with Crippen molar-refractivity contribution in [1.82, 2.24) is 5.32 Å². The molecule has 3 aromatic carbocycles. The minimum absolute atomic E-state index is 0.147. The molecule has 0 aliphatic heterocycles. The molecule has 0 bridgehead atoms. The van der Waals surface area contributed by atoms with E-state index in [0.29, 0.717) is 11.3 Å². The van der Waals surface area contributed by atoms with E-state index in [1.807, 2.05) is 39.0 Å². The Morgan fingerprint density at radius 2 is 1.49 bits per heavy atom. The Kier molecular flexibility index (Phi) is 7.71. The molecule has 3 aromatic rings. The largest absolute Gasteiger partial charge is 0.346 e. The Labute approximate surface area is 207 Å². The van der Waals surface area contributed by atoms with Crippen LogP contribution in [-0.4, -0.2) is 35.3 Å². The van der Waals surface area contributed by atoms with E-state index in [-0.39, 0.29) is 23.4 Å². The van der Waals surface area contributed by atoms with Gasteiger partial charge in [-0.25, -0.2) is 16.8 Å². The fourth-order valence-electron chi connectivity index (χ4n) is 3.66. The van der Waals surface area contributed by atoms with E-state index in [2.05, 4.69) is 5.32 Å². The van der Waals surface area contributed by atoms with Crippen LogP contribution in [0, 0.1) is 13.8 Å². The zero-order valence-electron chi connectivity index (χ0n) is 20.4. The highest BCUT2D eigenvalue weighted by molar-refractivity contribution is 7.92. The van der Waals surface area contributed by atoms with Crippen molar-refractivity contribution < 1.29 is 21.6 Å². The van der Waals surface area contributed by atoms with Crippen molar-refractivity contribution in [2.75, 3.05) is 16.8 Å². The summed E-state index contributed by atoms with van der Waals surface area (Å²) in [5, 5.41) is 2.90. The van der Waals surface area contributed by atoms with Crippen LogP contribution >= 0.6 is 0 Å². The van der Waals surface area contributed by atoms with Gasteiger partial charge in [0.1, 0.15) is 0 Å². The molecule has 186 valence electrons. The highest BCUT2D eigenvalue weighted by Gasteiger charge is 2.20. The average molecular weight is 515 g/mol. The molecule has 0 radical (unpaired) electrons. The molecule has 35 heavy (non-hydrogen) atoms. The third-order valence-electron chi connectivity index (χ3n) is 5.73. The molecule has 0 saturated carbocycles. The van der Waals surface area contributed by atoms with Gasteiger partial charge in [0.15, 0.2) is 9.84 Å². The number of carbonyl (C=O) groups is 1. The van der Waals surface area contributed by atoms with Gasteiger partial charge in [0, 0.05) is 11.8 Å². The van der Waals surface area contributed by atoms with E-state index in [1.165, 1.54) is 22.7 Å². The number of hydrogen-bond donors (Lipinski definition) is 1. The van der Waals surface area contributed by atoms with Crippen LogP contribution in [0.4, 0.5) is 5.69 Å². The number of hydrogen-bond acceptors (Lipinski definition) is 5. The van der Waals surface area contributed by atoms with Gasteiger partial charge in [-0.3, -0.25) is 9.10 Å². The summed E-state index contributed by atoms with van der Waals surface area (Å²) in [6.45, 7) is 5.75. The third kappa shape index (κ3) is 6.70. The number of benzene rings is 3. The number of anilines is 1. The normalized spacial score (nSPS) is 12.7. The molecule has 0 aromatic heterocycles. The molecule has 1 atom stereocenters. The summed E-state index contributed by atoms with van der Waals surface area (Å²) in [4.78, 5) is 13.0. The molecule has 1 N–H and O–H groups in total. The highest BCUT2D eigenvalue weighted by atomic mass is 32.2. The number of nitrogens with zero attached hydrogens (tertiary/aromatic N) is 1.